The van der Waals surface area contributed by atoms with Crippen molar-refractivity contribution >= 4 is 22.4 Å². The lowest BCUT2D eigenvalue weighted by atomic mass is 10.1. The van der Waals surface area contributed by atoms with Crippen molar-refractivity contribution in [2.75, 3.05) is 5.32 Å². The third-order valence-corrected chi connectivity index (χ3v) is 3.77. The molecule has 1 aromatic carbocycles. The van der Waals surface area contributed by atoms with E-state index in [1.54, 1.807) is 13.1 Å². The van der Waals surface area contributed by atoms with E-state index in [4.69, 9.17) is 5.73 Å². The maximum absolute atomic E-state index is 12.5. The lowest BCUT2D eigenvalue weighted by Crippen LogP contribution is -2.32. The Labute approximate surface area is 129 Å². The number of carbonyl (C=O) groups excluding carboxylic acids is 1. The minimum Gasteiger partial charge on any atom is -0.320 e. The summed E-state index contributed by atoms with van der Waals surface area (Å²) in [6, 6.07) is 4.33. The highest BCUT2D eigenvalue weighted by molar-refractivity contribution is 7.15. The molecule has 8 heteroatoms. The van der Waals surface area contributed by atoms with Gasteiger partial charge >= 0.3 is 6.18 Å². The second-order valence-corrected chi connectivity index (χ2v) is 5.90. The number of rotatable bonds is 4. The minimum absolute atomic E-state index is 0.338. The molecule has 0 bridgehead atoms. The number of nitrogens with zero attached hydrogens (tertiary/aromatic N) is 1. The van der Waals surface area contributed by atoms with Crippen molar-refractivity contribution in [1.29, 1.82) is 0 Å². The van der Waals surface area contributed by atoms with E-state index >= 15 is 0 Å². The molecular formula is C14H14F3N3OS. The molecule has 22 heavy (non-hydrogen) atoms. The Bertz CT molecular complexity index is 650. The first-order valence-electron chi connectivity index (χ1n) is 6.43. The number of hydrogen-bond donors (Lipinski definition) is 2. The second kappa shape index (κ2) is 6.45. The molecule has 0 spiro atoms. The Balaban J connectivity index is 2.02. The molecule has 0 aliphatic rings. The maximum atomic E-state index is 12.5. The van der Waals surface area contributed by atoms with E-state index in [0.29, 0.717) is 11.6 Å². The van der Waals surface area contributed by atoms with Crippen molar-refractivity contribution in [3.8, 4) is 0 Å². The summed E-state index contributed by atoms with van der Waals surface area (Å²) in [6.07, 6.45) is -2.30. The molecule has 0 saturated carbocycles. The molecule has 1 heterocycles. The smallest absolute Gasteiger partial charge is 0.320 e. The van der Waals surface area contributed by atoms with Gasteiger partial charge in [-0.3, -0.25) is 4.79 Å². The van der Waals surface area contributed by atoms with Gasteiger partial charge in [0.1, 0.15) is 0 Å². The van der Waals surface area contributed by atoms with Crippen LogP contribution in [0.3, 0.4) is 0 Å². The lowest BCUT2D eigenvalue weighted by Gasteiger charge is -2.07. The Morgan fingerprint density at radius 1 is 1.36 bits per heavy atom. The van der Waals surface area contributed by atoms with Crippen LogP contribution in [0, 0.1) is 0 Å². The van der Waals surface area contributed by atoms with Crippen LogP contribution in [0.1, 0.15) is 22.9 Å². The Hall–Kier alpha value is -1.93. The zero-order valence-electron chi connectivity index (χ0n) is 11.6. The van der Waals surface area contributed by atoms with Gasteiger partial charge in [-0.2, -0.15) is 13.2 Å². The minimum atomic E-state index is -4.33. The van der Waals surface area contributed by atoms with Crippen molar-refractivity contribution in [3.63, 3.8) is 0 Å². The summed E-state index contributed by atoms with van der Waals surface area (Å²) in [5, 5.41) is 2.99. The molecule has 2 aromatic rings. The van der Waals surface area contributed by atoms with Crippen molar-refractivity contribution in [2.45, 2.75) is 25.6 Å². The molecule has 0 radical (unpaired) electrons. The molecule has 1 aromatic heterocycles. The van der Waals surface area contributed by atoms with Crippen LogP contribution in [0.5, 0.6) is 0 Å². The first kappa shape index (κ1) is 16.4. The van der Waals surface area contributed by atoms with Crippen LogP contribution in [0.25, 0.3) is 0 Å². The van der Waals surface area contributed by atoms with Gasteiger partial charge in [0.15, 0.2) is 5.13 Å². The van der Waals surface area contributed by atoms with Crippen LogP contribution in [0.2, 0.25) is 0 Å². The van der Waals surface area contributed by atoms with E-state index in [2.05, 4.69) is 10.3 Å². The molecule has 0 aliphatic heterocycles. The summed E-state index contributed by atoms with van der Waals surface area (Å²) >= 11 is 1.26. The first-order chi connectivity index (χ1) is 10.3. The van der Waals surface area contributed by atoms with Gasteiger partial charge < -0.3 is 11.1 Å². The molecule has 2 rings (SSSR count). The summed E-state index contributed by atoms with van der Waals surface area (Å²) in [5.41, 5.74) is 5.50. The number of nitrogens with two attached hydrogens (primary N) is 1. The number of halogens is 3. The third kappa shape index (κ3) is 4.28. The zero-order chi connectivity index (χ0) is 16.3. The van der Waals surface area contributed by atoms with Crippen LogP contribution in [0.15, 0.2) is 30.5 Å². The van der Waals surface area contributed by atoms with Crippen LogP contribution >= 0.6 is 11.3 Å². The average molecular weight is 329 g/mol. The first-order valence-corrected chi connectivity index (χ1v) is 7.24. The molecule has 1 amide bonds. The van der Waals surface area contributed by atoms with Crippen LogP contribution in [-0.2, 0) is 17.4 Å². The van der Waals surface area contributed by atoms with Gasteiger partial charge in [0.2, 0.25) is 5.91 Å². The lowest BCUT2D eigenvalue weighted by molar-refractivity contribution is -0.137. The van der Waals surface area contributed by atoms with Crippen LogP contribution in [0.4, 0.5) is 18.3 Å². The number of carbonyl (C=O) groups is 1. The van der Waals surface area contributed by atoms with E-state index in [0.717, 1.165) is 22.6 Å². The normalized spacial score (nSPS) is 13.0. The zero-order valence-corrected chi connectivity index (χ0v) is 12.5. The number of aromatic nitrogens is 1. The summed E-state index contributed by atoms with van der Waals surface area (Å²) < 4.78 is 37.4. The molecule has 0 unspecified atom stereocenters. The largest absolute Gasteiger partial charge is 0.416 e. The highest BCUT2D eigenvalue weighted by Crippen LogP contribution is 2.29. The molecule has 3 N–H and O–H groups in total. The highest BCUT2D eigenvalue weighted by Gasteiger charge is 2.29. The topological polar surface area (TPSA) is 68.0 Å². The summed E-state index contributed by atoms with van der Waals surface area (Å²) in [7, 11) is 0. The summed E-state index contributed by atoms with van der Waals surface area (Å²) in [6.45, 7) is 1.56. The second-order valence-electron chi connectivity index (χ2n) is 4.78. The van der Waals surface area contributed by atoms with E-state index in [1.165, 1.54) is 23.5 Å². The quantitative estimate of drug-likeness (QED) is 0.906. The third-order valence-electron chi connectivity index (χ3n) is 2.86. The number of thiazole rings is 1. The van der Waals surface area contributed by atoms with Gasteiger partial charge in [-0.05, 0) is 24.6 Å². The van der Waals surface area contributed by atoms with Gasteiger partial charge in [0.05, 0.1) is 11.6 Å². The molecule has 4 nitrogen and oxygen atoms in total. The fourth-order valence-corrected chi connectivity index (χ4v) is 2.53. The average Bonchev–Trinajstić information content (AvgIpc) is 2.85. The number of hydrogen-bond acceptors (Lipinski definition) is 4. The Kier molecular flexibility index (Phi) is 4.82. The van der Waals surface area contributed by atoms with Crippen LogP contribution < -0.4 is 11.1 Å². The van der Waals surface area contributed by atoms with E-state index < -0.39 is 17.8 Å². The van der Waals surface area contributed by atoms with E-state index in [9.17, 15) is 18.0 Å². The fourth-order valence-electron chi connectivity index (χ4n) is 1.68. The summed E-state index contributed by atoms with van der Waals surface area (Å²) in [5.74, 6) is -0.338. The van der Waals surface area contributed by atoms with Gasteiger partial charge in [0, 0.05) is 17.5 Å². The number of nitrogens with one attached hydrogen (secondary N) is 1. The fraction of sp³-hybridized carbons (Fsp3) is 0.286. The maximum Gasteiger partial charge on any atom is 0.416 e. The standard InChI is InChI=1S/C14H14F3N3OS/c1-8(18)12(21)20-13-19-7-11(22-13)6-9-2-4-10(5-3-9)14(15,16)17/h2-5,7-8H,6,18H2,1H3,(H,19,20,21)/t8-/m1/s1. The van der Waals surface area contributed by atoms with Gasteiger partial charge in [-0.1, -0.05) is 12.1 Å². The predicted molar refractivity (Wildman–Crippen MR) is 78.6 cm³/mol. The van der Waals surface area contributed by atoms with Crippen molar-refractivity contribution < 1.29 is 18.0 Å². The number of anilines is 1. The Morgan fingerprint density at radius 3 is 2.55 bits per heavy atom. The number of amides is 1. The highest BCUT2D eigenvalue weighted by atomic mass is 32.1. The van der Waals surface area contributed by atoms with Crippen molar-refractivity contribution in [1.82, 2.24) is 4.98 Å². The molecule has 0 aliphatic carbocycles. The monoisotopic (exact) mass is 329 g/mol. The van der Waals surface area contributed by atoms with E-state index in [-0.39, 0.29) is 5.91 Å². The van der Waals surface area contributed by atoms with E-state index in [1.807, 2.05) is 0 Å². The summed E-state index contributed by atoms with van der Waals surface area (Å²) in [4.78, 5) is 16.3. The SMILES string of the molecule is C[C@@H](N)C(=O)Nc1ncc(Cc2ccc(C(F)(F)F)cc2)s1. The number of benzene rings is 1. The van der Waals surface area contributed by atoms with Crippen molar-refractivity contribution in [3.05, 3.63) is 46.5 Å². The van der Waals surface area contributed by atoms with Crippen molar-refractivity contribution in [2.24, 2.45) is 5.73 Å². The Morgan fingerprint density at radius 2 is 2.00 bits per heavy atom. The van der Waals surface area contributed by atoms with Gasteiger partial charge in [0.25, 0.3) is 0 Å². The van der Waals surface area contributed by atoms with Crippen LogP contribution in [-0.4, -0.2) is 16.9 Å². The molecule has 0 fully saturated rings. The molecule has 1 atom stereocenters. The molecular weight excluding hydrogens is 315 g/mol. The molecule has 118 valence electrons. The van der Waals surface area contributed by atoms with Gasteiger partial charge in [-0.25, -0.2) is 4.98 Å². The predicted octanol–water partition coefficient (Wildman–Crippen LogP) is 3.04. The molecule has 0 saturated heterocycles. The number of alkyl halides is 3. The van der Waals surface area contributed by atoms with Gasteiger partial charge in [-0.15, -0.1) is 11.3 Å².